The van der Waals surface area contributed by atoms with Crippen LogP contribution in [0.25, 0.3) is 0 Å². The third-order valence-corrected chi connectivity index (χ3v) is 4.13. The molecule has 0 bridgehead atoms. The molecular weight excluding hydrogens is 282 g/mol. The average molecular weight is 301 g/mol. The second kappa shape index (κ2) is 6.78. The zero-order valence-corrected chi connectivity index (χ0v) is 12.5. The third kappa shape index (κ3) is 4.87. The van der Waals surface area contributed by atoms with Crippen LogP contribution < -0.4 is 4.72 Å². The Morgan fingerprint density at radius 2 is 2.10 bits per heavy atom. The SMILES string of the molecule is CC(CCN(C)C)NS(=O)(=O)c1ccc(C(=O)O)cn1. The molecule has 0 aromatic carbocycles. The molecule has 1 rings (SSSR count). The summed E-state index contributed by atoms with van der Waals surface area (Å²) in [6.45, 7) is 2.53. The van der Waals surface area contributed by atoms with Crippen molar-refractivity contribution >= 4 is 16.0 Å². The van der Waals surface area contributed by atoms with Gasteiger partial charge >= 0.3 is 5.97 Å². The smallest absolute Gasteiger partial charge is 0.337 e. The van der Waals surface area contributed by atoms with Gasteiger partial charge in [0.05, 0.1) is 5.56 Å². The second-order valence-electron chi connectivity index (χ2n) is 4.80. The summed E-state index contributed by atoms with van der Waals surface area (Å²) in [4.78, 5) is 16.3. The number of carboxylic acids is 1. The molecule has 7 nitrogen and oxygen atoms in total. The number of nitrogens with zero attached hydrogens (tertiary/aromatic N) is 2. The minimum Gasteiger partial charge on any atom is -0.478 e. The molecule has 0 amide bonds. The van der Waals surface area contributed by atoms with Crippen LogP contribution in [0.15, 0.2) is 23.4 Å². The summed E-state index contributed by atoms with van der Waals surface area (Å²) in [5.74, 6) is -1.14. The van der Waals surface area contributed by atoms with Crippen LogP contribution in [0.3, 0.4) is 0 Å². The lowest BCUT2D eigenvalue weighted by Gasteiger charge is -2.16. The summed E-state index contributed by atoms with van der Waals surface area (Å²) in [6.07, 6.45) is 1.70. The van der Waals surface area contributed by atoms with E-state index in [0.29, 0.717) is 6.42 Å². The number of nitrogens with one attached hydrogen (secondary N) is 1. The van der Waals surface area contributed by atoms with Gasteiger partial charge in [-0.2, -0.15) is 0 Å². The number of hydrogen-bond donors (Lipinski definition) is 2. The first-order valence-corrected chi connectivity index (χ1v) is 7.57. The van der Waals surface area contributed by atoms with E-state index >= 15 is 0 Å². The van der Waals surface area contributed by atoms with Gasteiger partial charge in [-0.3, -0.25) is 0 Å². The highest BCUT2D eigenvalue weighted by atomic mass is 32.2. The molecule has 20 heavy (non-hydrogen) atoms. The molecule has 0 saturated carbocycles. The van der Waals surface area contributed by atoms with E-state index in [1.165, 1.54) is 12.1 Å². The van der Waals surface area contributed by atoms with Crippen LogP contribution >= 0.6 is 0 Å². The normalized spacial score (nSPS) is 13.4. The number of sulfonamides is 1. The van der Waals surface area contributed by atoms with Crippen molar-refractivity contribution in [1.29, 1.82) is 0 Å². The van der Waals surface area contributed by atoms with Crippen LogP contribution in [0.5, 0.6) is 0 Å². The predicted molar refractivity (Wildman–Crippen MR) is 74.2 cm³/mol. The standard InChI is InChI=1S/C12H19N3O4S/c1-9(6-7-15(2)3)14-20(18,19)11-5-4-10(8-13-11)12(16)17/h4-5,8-9,14H,6-7H2,1-3H3,(H,16,17). The first kappa shape index (κ1) is 16.5. The molecule has 1 atom stereocenters. The molecular formula is C12H19N3O4S. The van der Waals surface area contributed by atoms with E-state index < -0.39 is 16.0 Å². The van der Waals surface area contributed by atoms with E-state index in [-0.39, 0.29) is 16.6 Å². The Balaban J connectivity index is 2.75. The quantitative estimate of drug-likeness (QED) is 0.756. The number of aromatic carboxylic acids is 1. The van der Waals surface area contributed by atoms with Crippen molar-refractivity contribution in [2.45, 2.75) is 24.4 Å². The minimum atomic E-state index is -3.72. The van der Waals surface area contributed by atoms with Crippen LogP contribution in [-0.2, 0) is 10.0 Å². The van der Waals surface area contributed by atoms with E-state index in [1.807, 2.05) is 19.0 Å². The third-order valence-electron chi connectivity index (χ3n) is 2.62. The molecule has 2 N–H and O–H groups in total. The molecule has 0 aliphatic carbocycles. The number of carboxylic acid groups (broad SMARTS) is 1. The molecule has 112 valence electrons. The number of hydrogen-bond acceptors (Lipinski definition) is 5. The highest BCUT2D eigenvalue weighted by Gasteiger charge is 2.19. The summed E-state index contributed by atoms with van der Waals surface area (Å²) < 4.78 is 26.6. The van der Waals surface area contributed by atoms with Crippen molar-refractivity contribution in [2.75, 3.05) is 20.6 Å². The van der Waals surface area contributed by atoms with Crippen LogP contribution in [0.2, 0.25) is 0 Å². The van der Waals surface area contributed by atoms with Gasteiger partial charge in [0.2, 0.25) is 0 Å². The van der Waals surface area contributed by atoms with Crippen molar-refractivity contribution in [1.82, 2.24) is 14.6 Å². The largest absolute Gasteiger partial charge is 0.478 e. The highest BCUT2D eigenvalue weighted by molar-refractivity contribution is 7.89. The number of rotatable bonds is 7. The van der Waals surface area contributed by atoms with Gasteiger partial charge < -0.3 is 10.0 Å². The van der Waals surface area contributed by atoms with Crippen molar-refractivity contribution in [3.8, 4) is 0 Å². The molecule has 0 aliphatic heterocycles. The maximum atomic E-state index is 12.0. The van der Waals surface area contributed by atoms with Crippen LogP contribution in [0, 0.1) is 0 Å². The maximum absolute atomic E-state index is 12.0. The Morgan fingerprint density at radius 1 is 1.45 bits per heavy atom. The second-order valence-corrected chi connectivity index (χ2v) is 6.47. The molecule has 1 aromatic heterocycles. The van der Waals surface area contributed by atoms with E-state index in [0.717, 1.165) is 12.7 Å². The molecule has 0 saturated heterocycles. The van der Waals surface area contributed by atoms with E-state index in [2.05, 4.69) is 9.71 Å². The molecule has 0 fully saturated rings. The van der Waals surface area contributed by atoms with Crippen LogP contribution in [0.4, 0.5) is 0 Å². The Kier molecular flexibility index (Phi) is 5.61. The predicted octanol–water partition coefficient (Wildman–Crippen LogP) is 0.398. The zero-order valence-electron chi connectivity index (χ0n) is 11.7. The summed E-state index contributed by atoms with van der Waals surface area (Å²) >= 11 is 0. The summed E-state index contributed by atoms with van der Waals surface area (Å²) in [6, 6.07) is 2.17. The Labute approximate surface area is 118 Å². The van der Waals surface area contributed by atoms with Gasteiger partial charge in [0.1, 0.15) is 0 Å². The van der Waals surface area contributed by atoms with Gasteiger partial charge in [-0.25, -0.2) is 22.9 Å². The first-order valence-electron chi connectivity index (χ1n) is 6.09. The van der Waals surface area contributed by atoms with Gasteiger partial charge in [0, 0.05) is 12.2 Å². The molecule has 8 heteroatoms. The molecule has 1 aromatic rings. The molecule has 1 heterocycles. The summed E-state index contributed by atoms with van der Waals surface area (Å²) in [5.41, 5.74) is -0.0513. The Morgan fingerprint density at radius 3 is 2.55 bits per heavy atom. The number of carbonyl (C=O) groups is 1. The lowest BCUT2D eigenvalue weighted by molar-refractivity contribution is 0.0696. The average Bonchev–Trinajstić information content (AvgIpc) is 2.36. The van der Waals surface area contributed by atoms with Crippen molar-refractivity contribution < 1.29 is 18.3 Å². The topological polar surface area (TPSA) is 99.6 Å². The van der Waals surface area contributed by atoms with Gasteiger partial charge in [-0.15, -0.1) is 0 Å². The van der Waals surface area contributed by atoms with Gasteiger partial charge in [-0.05, 0) is 46.1 Å². The zero-order chi connectivity index (χ0) is 15.3. The van der Waals surface area contributed by atoms with Gasteiger partial charge in [-0.1, -0.05) is 0 Å². The fourth-order valence-electron chi connectivity index (χ4n) is 1.50. The van der Waals surface area contributed by atoms with Crippen molar-refractivity contribution in [3.05, 3.63) is 23.9 Å². The summed E-state index contributed by atoms with van der Waals surface area (Å²) in [7, 11) is 0.0978. The van der Waals surface area contributed by atoms with E-state index in [1.54, 1.807) is 6.92 Å². The van der Waals surface area contributed by atoms with Crippen LogP contribution in [0.1, 0.15) is 23.7 Å². The van der Waals surface area contributed by atoms with Crippen LogP contribution in [-0.4, -0.2) is 56.1 Å². The number of pyridine rings is 1. The van der Waals surface area contributed by atoms with E-state index in [9.17, 15) is 13.2 Å². The summed E-state index contributed by atoms with van der Waals surface area (Å²) in [5, 5.41) is 8.55. The first-order chi connectivity index (χ1) is 9.22. The lowest BCUT2D eigenvalue weighted by Crippen LogP contribution is -2.35. The lowest BCUT2D eigenvalue weighted by atomic mass is 10.2. The monoisotopic (exact) mass is 301 g/mol. The maximum Gasteiger partial charge on any atom is 0.337 e. The van der Waals surface area contributed by atoms with Gasteiger partial charge in [0.25, 0.3) is 10.0 Å². The number of aromatic nitrogens is 1. The fraction of sp³-hybridized carbons (Fsp3) is 0.500. The van der Waals surface area contributed by atoms with E-state index in [4.69, 9.17) is 5.11 Å². The molecule has 0 spiro atoms. The van der Waals surface area contributed by atoms with Gasteiger partial charge in [0.15, 0.2) is 5.03 Å². The fourth-order valence-corrected chi connectivity index (χ4v) is 2.71. The van der Waals surface area contributed by atoms with Crippen molar-refractivity contribution in [2.24, 2.45) is 0 Å². The molecule has 0 radical (unpaired) electrons. The molecule has 0 aliphatic rings. The highest BCUT2D eigenvalue weighted by Crippen LogP contribution is 2.08. The Hall–Kier alpha value is -1.51. The Bertz CT molecular complexity index is 555. The molecule has 1 unspecified atom stereocenters. The minimum absolute atomic E-state index is 0.0513. The van der Waals surface area contributed by atoms with Crippen molar-refractivity contribution in [3.63, 3.8) is 0 Å².